The van der Waals surface area contributed by atoms with Crippen LogP contribution in [0.1, 0.15) is 51.5 Å². The lowest BCUT2D eigenvalue weighted by Gasteiger charge is -2.04. The number of unbranched alkanes of at least 4 members (excludes halogenated alkanes) is 3. The molecule has 0 spiro atoms. The Morgan fingerprint density at radius 3 is 2.23 bits per heavy atom. The van der Waals surface area contributed by atoms with E-state index in [0.29, 0.717) is 6.61 Å². The van der Waals surface area contributed by atoms with Gasteiger partial charge in [0.2, 0.25) is 0 Å². The third kappa shape index (κ3) is 13.2. The van der Waals surface area contributed by atoms with Gasteiger partial charge in [0.15, 0.2) is 0 Å². The van der Waals surface area contributed by atoms with Crippen molar-refractivity contribution < 1.29 is 9.53 Å². The Morgan fingerprint density at radius 2 is 1.73 bits per heavy atom. The molecule has 0 saturated carbocycles. The summed E-state index contributed by atoms with van der Waals surface area (Å²) in [6, 6.07) is 10.0. The maximum absolute atomic E-state index is 10.6. The van der Waals surface area contributed by atoms with Crippen LogP contribution in [0.15, 0.2) is 49.6 Å². The molecule has 1 aromatic rings. The molecule has 2 nitrogen and oxygen atoms in total. The first kappa shape index (κ1) is 20.2. The molecule has 0 aromatic heterocycles. The molecule has 1 aromatic carbocycles. The first-order chi connectivity index (χ1) is 10.6. The van der Waals surface area contributed by atoms with Gasteiger partial charge in [-0.2, -0.15) is 0 Å². The van der Waals surface area contributed by atoms with Gasteiger partial charge < -0.3 is 4.74 Å². The van der Waals surface area contributed by atoms with E-state index in [-0.39, 0.29) is 5.97 Å². The standard InChI is InChI=1S/C12H22O2.C8H8/c1-4-12(13)14-10-8-6-5-7-9-11(2)3;1-2-8-6-4-3-5-7-8/h4,11H,1,5-10H2,2-3H3;2-7H,1H2. The fourth-order valence-corrected chi connectivity index (χ4v) is 1.83. The van der Waals surface area contributed by atoms with Crippen molar-refractivity contribution >= 4 is 12.0 Å². The highest BCUT2D eigenvalue weighted by atomic mass is 16.5. The number of carbonyl (C=O) groups excluding carboxylic acids is 1. The summed E-state index contributed by atoms with van der Waals surface area (Å²) < 4.78 is 4.86. The first-order valence-corrected chi connectivity index (χ1v) is 8.06. The van der Waals surface area contributed by atoms with Gasteiger partial charge in [-0.1, -0.05) is 89.1 Å². The van der Waals surface area contributed by atoms with E-state index in [4.69, 9.17) is 4.74 Å². The van der Waals surface area contributed by atoms with E-state index in [1.807, 2.05) is 36.4 Å². The summed E-state index contributed by atoms with van der Waals surface area (Å²) in [7, 11) is 0. The molecule has 0 atom stereocenters. The van der Waals surface area contributed by atoms with Crippen LogP contribution in [0.3, 0.4) is 0 Å². The van der Waals surface area contributed by atoms with Gasteiger partial charge in [0.25, 0.3) is 0 Å². The van der Waals surface area contributed by atoms with Crippen molar-refractivity contribution in [2.75, 3.05) is 6.61 Å². The molecule has 0 aliphatic rings. The molecule has 0 amide bonds. The van der Waals surface area contributed by atoms with E-state index < -0.39 is 0 Å². The minimum atomic E-state index is -0.313. The normalized spacial score (nSPS) is 9.59. The molecule has 122 valence electrons. The van der Waals surface area contributed by atoms with E-state index in [1.54, 1.807) is 0 Å². The molecule has 0 saturated heterocycles. The number of hydrogen-bond acceptors (Lipinski definition) is 2. The smallest absolute Gasteiger partial charge is 0.330 e. The highest BCUT2D eigenvalue weighted by molar-refractivity contribution is 5.81. The van der Waals surface area contributed by atoms with Gasteiger partial charge in [-0.25, -0.2) is 4.79 Å². The molecule has 0 aliphatic carbocycles. The second-order valence-corrected chi connectivity index (χ2v) is 5.58. The summed E-state index contributed by atoms with van der Waals surface area (Å²) >= 11 is 0. The molecule has 0 unspecified atom stereocenters. The van der Waals surface area contributed by atoms with Gasteiger partial charge in [-0.3, -0.25) is 0 Å². The van der Waals surface area contributed by atoms with E-state index in [9.17, 15) is 4.79 Å². The molecule has 0 bridgehead atoms. The molecular weight excluding hydrogens is 272 g/mol. The van der Waals surface area contributed by atoms with Crippen molar-refractivity contribution in [3.8, 4) is 0 Å². The summed E-state index contributed by atoms with van der Waals surface area (Å²) in [5.41, 5.74) is 1.17. The summed E-state index contributed by atoms with van der Waals surface area (Å²) in [6.07, 6.45) is 8.98. The fraction of sp³-hybridized carbons (Fsp3) is 0.450. The number of carbonyl (C=O) groups is 1. The first-order valence-electron chi connectivity index (χ1n) is 8.06. The molecule has 2 heteroatoms. The van der Waals surface area contributed by atoms with Crippen molar-refractivity contribution in [2.24, 2.45) is 5.92 Å². The van der Waals surface area contributed by atoms with E-state index in [0.717, 1.165) is 18.8 Å². The second-order valence-electron chi connectivity index (χ2n) is 5.58. The fourth-order valence-electron chi connectivity index (χ4n) is 1.83. The lowest BCUT2D eigenvalue weighted by atomic mass is 10.0. The Morgan fingerprint density at radius 1 is 1.09 bits per heavy atom. The summed E-state index contributed by atoms with van der Waals surface area (Å²) in [6.45, 7) is 12.0. The van der Waals surface area contributed by atoms with Crippen molar-refractivity contribution in [2.45, 2.75) is 46.0 Å². The molecule has 1 rings (SSSR count). The zero-order valence-electron chi connectivity index (χ0n) is 14.1. The Labute approximate surface area is 135 Å². The summed E-state index contributed by atoms with van der Waals surface area (Å²) in [5.74, 6) is 0.487. The molecular formula is C20H30O2. The van der Waals surface area contributed by atoms with Crippen LogP contribution in [0, 0.1) is 5.92 Å². The summed E-state index contributed by atoms with van der Waals surface area (Å²) in [5, 5.41) is 0. The minimum Gasteiger partial charge on any atom is -0.463 e. The van der Waals surface area contributed by atoms with E-state index in [1.165, 1.54) is 30.9 Å². The zero-order chi connectivity index (χ0) is 16.6. The number of benzene rings is 1. The quantitative estimate of drug-likeness (QED) is 0.334. The lowest BCUT2D eigenvalue weighted by Crippen LogP contribution is -2.01. The number of ether oxygens (including phenoxy) is 1. The molecule has 0 heterocycles. The predicted molar refractivity (Wildman–Crippen MR) is 95.6 cm³/mol. The Hall–Kier alpha value is -1.83. The maximum atomic E-state index is 10.6. The summed E-state index contributed by atoms with van der Waals surface area (Å²) in [4.78, 5) is 10.6. The number of rotatable bonds is 9. The topological polar surface area (TPSA) is 26.3 Å². The molecule has 0 fully saturated rings. The van der Waals surface area contributed by atoms with Crippen LogP contribution >= 0.6 is 0 Å². The second kappa shape index (κ2) is 14.1. The maximum Gasteiger partial charge on any atom is 0.330 e. The van der Waals surface area contributed by atoms with Crippen LogP contribution in [0.4, 0.5) is 0 Å². The number of esters is 1. The third-order valence-corrected chi connectivity index (χ3v) is 3.12. The van der Waals surface area contributed by atoms with Crippen LogP contribution < -0.4 is 0 Å². The van der Waals surface area contributed by atoms with Gasteiger partial charge in [0, 0.05) is 6.08 Å². The molecule has 0 N–H and O–H groups in total. The van der Waals surface area contributed by atoms with Crippen LogP contribution in [0.25, 0.3) is 6.08 Å². The molecule has 0 aliphatic heterocycles. The van der Waals surface area contributed by atoms with Gasteiger partial charge in [-0.05, 0) is 17.9 Å². The van der Waals surface area contributed by atoms with Crippen LogP contribution in [0.2, 0.25) is 0 Å². The Bertz CT molecular complexity index is 407. The molecule has 22 heavy (non-hydrogen) atoms. The van der Waals surface area contributed by atoms with Crippen LogP contribution in [-0.4, -0.2) is 12.6 Å². The van der Waals surface area contributed by atoms with E-state index in [2.05, 4.69) is 27.0 Å². The highest BCUT2D eigenvalue weighted by Crippen LogP contribution is 2.09. The van der Waals surface area contributed by atoms with Crippen molar-refractivity contribution in [1.82, 2.24) is 0 Å². The minimum absolute atomic E-state index is 0.313. The Kier molecular flexibility index (Phi) is 12.9. The van der Waals surface area contributed by atoms with Crippen LogP contribution in [0.5, 0.6) is 0 Å². The van der Waals surface area contributed by atoms with Gasteiger partial charge in [-0.15, -0.1) is 0 Å². The van der Waals surface area contributed by atoms with Crippen molar-refractivity contribution in [3.63, 3.8) is 0 Å². The average Bonchev–Trinajstić information content (AvgIpc) is 2.54. The monoisotopic (exact) mass is 302 g/mol. The van der Waals surface area contributed by atoms with Gasteiger partial charge >= 0.3 is 5.97 Å². The highest BCUT2D eigenvalue weighted by Gasteiger charge is 1.96. The van der Waals surface area contributed by atoms with Crippen LogP contribution in [-0.2, 0) is 9.53 Å². The SMILES string of the molecule is C=CC(=O)OCCCCCCC(C)C.C=Cc1ccccc1. The lowest BCUT2D eigenvalue weighted by molar-refractivity contribution is -0.137. The van der Waals surface area contributed by atoms with E-state index >= 15 is 0 Å². The van der Waals surface area contributed by atoms with Crippen molar-refractivity contribution in [3.05, 3.63) is 55.1 Å². The average molecular weight is 302 g/mol. The van der Waals surface area contributed by atoms with Crippen molar-refractivity contribution in [1.29, 1.82) is 0 Å². The number of hydrogen-bond donors (Lipinski definition) is 0. The predicted octanol–water partition coefficient (Wildman–Crippen LogP) is 5.65. The molecule has 0 radical (unpaired) electrons. The third-order valence-electron chi connectivity index (χ3n) is 3.12. The zero-order valence-corrected chi connectivity index (χ0v) is 14.1. The largest absolute Gasteiger partial charge is 0.463 e. The van der Waals surface area contributed by atoms with Gasteiger partial charge in [0.05, 0.1) is 6.61 Å². The van der Waals surface area contributed by atoms with Gasteiger partial charge in [0.1, 0.15) is 0 Å². The Balaban J connectivity index is 0.000000461.